The highest BCUT2D eigenvalue weighted by atomic mass is 16.2. The molecule has 0 radical (unpaired) electrons. The average Bonchev–Trinajstić information content (AvgIpc) is 3.14. The quantitative estimate of drug-likeness (QED) is 0.738. The fourth-order valence-corrected chi connectivity index (χ4v) is 2.59. The van der Waals surface area contributed by atoms with E-state index in [4.69, 9.17) is 0 Å². The maximum atomic E-state index is 11.8. The summed E-state index contributed by atoms with van der Waals surface area (Å²) in [4.78, 5) is 13.7. The van der Waals surface area contributed by atoms with Gasteiger partial charge in [-0.2, -0.15) is 0 Å². The van der Waals surface area contributed by atoms with E-state index in [1.807, 2.05) is 18.7 Å². The molecular weight excluding hydrogens is 200 g/mol. The molecule has 0 aromatic carbocycles. The Morgan fingerprint density at radius 2 is 1.69 bits per heavy atom. The van der Waals surface area contributed by atoms with Crippen molar-refractivity contribution in [3.05, 3.63) is 0 Å². The molecule has 2 fully saturated rings. The van der Waals surface area contributed by atoms with Gasteiger partial charge in [0, 0.05) is 19.6 Å². The van der Waals surface area contributed by atoms with Crippen LogP contribution in [-0.4, -0.2) is 30.6 Å². The second-order valence-corrected chi connectivity index (χ2v) is 5.20. The van der Waals surface area contributed by atoms with E-state index in [2.05, 4.69) is 5.32 Å². The van der Waals surface area contributed by atoms with Gasteiger partial charge < -0.3 is 10.2 Å². The van der Waals surface area contributed by atoms with E-state index in [-0.39, 0.29) is 6.03 Å². The first-order valence-electron chi connectivity index (χ1n) is 6.79. The molecule has 0 unspecified atom stereocenters. The molecule has 2 saturated carbocycles. The molecule has 0 aliphatic heterocycles. The molecule has 0 saturated heterocycles. The molecule has 2 amide bonds. The van der Waals surface area contributed by atoms with Gasteiger partial charge in [-0.3, -0.25) is 0 Å². The first-order valence-corrected chi connectivity index (χ1v) is 6.79. The van der Waals surface area contributed by atoms with Crippen LogP contribution in [0.4, 0.5) is 4.79 Å². The summed E-state index contributed by atoms with van der Waals surface area (Å²) in [5, 5.41) is 3.11. The molecule has 0 aromatic heterocycles. The van der Waals surface area contributed by atoms with Crippen LogP contribution < -0.4 is 5.32 Å². The van der Waals surface area contributed by atoms with Crippen LogP contribution in [0.1, 0.15) is 39.5 Å². The number of urea groups is 1. The Morgan fingerprint density at radius 3 is 2.06 bits per heavy atom. The van der Waals surface area contributed by atoms with Crippen molar-refractivity contribution in [3.63, 3.8) is 0 Å². The molecule has 92 valence electrons. The molecule has 0 atom stereocenters. The van der Waals surface area contributed by atoms with Crippen LogP contribution in [0.5, 0.6) is 0 Å². The monoisotopic (exact) mass is 224 g/mol. The van der Waals surface area contributed by atoms with Gasteiger partial charge >= 0.3 is 6.03 Å². The van der Waals surface area contributed by atoms with Gasteiger partial charge in [0.05, 0.1) is 0 Å². The van der Waals surface area contributed by atoms with Gasteiger partial charge in [0.15, 0.2) is 0 Å². The second-order valence-electron chi connectivity index (χ2n) is 5.20. The van der Waals surface area contributed by atoms with Gasteiger partial charge in [-0.15, -0.1) is 0 Å². The highest BCUT2D eigenvalue weighted by Crippen LogP contribution is 2.48. The smallest absolute Gasteiger partial charge is 0.317 e. The maximum absolute atomic E-state index is 11.8. The standard InChI is InChI=1S/C13H24N2O/c1-3-15(4-2)13(16)14-9-12(10-5-6-10)11-7-8-11/h10-12H,3-9H2,1-2H3,(H,14,16). The summed E-state index contributed by atoms with van der Waals surface area (Å²) in [6.07, 6.45) is 5.56. The zero-order valence-corrected chi connectivity index (χ0v) is 10.5. The van der Waals surface area contributed by atoms with E-state index in [9.17, 15) is 4.79 Å². The highest BCUT2D eigenvalue weighted by molar-refractivity contribution is 5.74. The predicted octanol–water partition coefficient (Wildman–Crippen LogP) is 2.47. The van der Waals surface area contributed by atoms with Crippen molar-refractivity contribution in [2.75, 3.05) is 19.6 Å². The van der Waals surface area contributed by atoms with Gasteiger partial charge in [0.1, 0.15) is 0 Å². The largest absolute Gasteiger partial charge is 0.338 e. The first kappa shape index (κ1) is 11.7. The molecule has 3 heteroatoms. The molecule has 0 spiro atoms. The normalized spacial score (nSPS) is 19.9. The Kier molecular flexibility index (Phi) is 3.72. The Balaban J connectivity index is 1.74. The van der Waals surface area contributed by atoms with Gasteiger partial charge in [-0.05, 0) is 57.3 Å². The van der Waals surface area contributed by atoms with Crippen molar-refractivity contribution in [2.45, 2.75) is 39.5 Å². The number of carbonyl (C=O) groups excluding carboxylic acids is 1. The van der Waals surface area contributed by atoms with E-state index in [1.54, 1.807) is 0 Å². The van der Waals surface area contributed by atoms with E-state index < -0.39 is 0 Å². The lowest BCUT2D eigenvalue weighted by Crippen LogP contribution is -2.42. The number of amides is 2. The highest BCUT2D eigenvalue weighted by Gasteiger charge is 2.41. The zero-order chi connectivity index (χ0) is 11.5. The van der Waals surface area contributed by atoms with Gasteiger partial charge in [-0.1, -0.05) is 0 Å². The number of hydrogen-bond donors (Lipinski definition) is 1. The van der Waals surface area contributed by atoms with Crippen LogP contribution in [0.15, 0.2) is 0 Å². The summed E-state index contributed by atoms with van der Waals surface area (Å²) in [5.41, 5.74) is 0. The molecule has 16 heavy (non-hydrogen) atoms. The SMILES string of the molecule is CCN(CC)C(=O)NCC(C1CC1)C1CC1. The summed E-state index contributed by atoms with van der Waals surface area (Å²) < 4.78 is 0. The minimum atomic E-state index is 0.122. The zero-order valence-electron chi connectivity index (χ0n) is 10.5. The predicted molar refractivity (Wildman–Crippen MR) is 65.3 cm³/mol. The lowest BCUT2D eigenvalue weighted by atomic mass is 9.98. The Bertz CT molecular complexity index is 230. The summed E-state index contributed by atoms with van der Waals surface area (Å²) >= 11 is 0. The minimum Gasteiger partial charge on any atom is -0.338 e. The fraction of sp³-hybridized carbons (Fsp3) is 0.923. The number of nitrogens with one attached hydrogen (secondary N) is 1. The Morgan fingerprint density at radius 1 is 1.19 bits per heavy atom. The molecule has 2 aliphatic carbocycles. The molecular formula is C13H24N2O. The van der Waals surface area contributed by atoms with Crippen LogP contribution in [-0.2, 0) is 0 Å². The molecule has 0 heterocycles. The van der Waals surface area contributed by atoms with E-state index in [1.165, 1.54) is 25.7 Å². The van der Waals surface area contributed by atoms with Crippen LogP contribution in [0.3, 0.4) is 0 Å². The third kappa shape index (κ3) is 2.89. The maximum Gasteiger partial charge on any atom is 0.317 e. The van der Waals surface area contributed by atoms with Gasteiger partial charge in [-0.25, -0.2) is 4.79 Å². The van der Waals surface area contributed by atoms with Crippen LogP contribution in [0.25, 0.3) is 0 Å². The van der Waals surface area contributed by atoms with Crippen molar-refractivity contribution in [2.24, 2.45) is 17.8 Å². The van der Waals surface area contributed by atoms with Crippen molar-refractivity contribution in [1.82, 2.24) is 10.2 Å². The van der Waals surface area contributed by atoms with Gasteiger partial charge in [0.2, 0.25) is 0 Å². The Labute approximate surface area is 98.6 Å². The second kappa shape index (κ2) is 5.07. The number of carbonyl (C=O) groups is 1. The molecule has 2 rings (SSSR count). The number of rotatable bonds is 6. The number of hydrogen-bond acceptors (Lipinski definition) is 1. The van der Waals surface area contributed by atoms with E-state index in [0.717, 1.165) is 37.4 Å². The van der Waals surface area contributed by atoms with Crippen LogP contribution in [0, 0.1) is 17.8 Å². The van der Waals surface area contributed by atoms with Crippen LogP contribution >= 0.6 is 0 Å². The Hall–Kier alpha value is -0.730. The summed E-state index contributed by atoms with van der Waals surface area (Å²) in [6, 6.07) is 0.122. The van der Waals surface area contributed by atoms with Crippen molar-refractivity contribution in [1.29, 1.82) is 0 Å². The lowest BCUT2D eigenvalue weighted by molar-refractivity contribution is 0.199. The average molecular weight is 224 g/mol. The first-order chi connectivity index (χ1) is 7.76. The molecule has 3 nitrogen and oxygen atoms in total. The molecule has 2 aliphatic rings. The third-order valence-electron chi connectivity index (χ3n) is 3.99. The van der Waals surface area contributed by atoms with Crippen molar-refractivity contribution in [3.8, 4) is 0 Å². The fourth-order valence-electron chi connectivity index (χ4n) is 2.59. The summed E-state index contributed by atoms with van der Waals surface area (Å²) in [6.45, 7) is 6.58. The third-order valence-corrected chi connectivity index (χ3v) is 3.99. The van der Waals surface area contributed by atoms with E-state index >= 15 is 0 Å². The molecule has 0 bridgehead atoms. The number of nitrogens with zero attached hydrogens (tertiary/aromatic N) is 1. The van der Waals surface area contributed by atoms with Gasteiger partial charge in [0.25, 0.3) is 0 Å². The van der Waals surface area contributed by atoms with Crippen molar-refractivity contribution >= 4 is 6.03 Å². The molecule has 1 N–H and O–H groups in total. The van der Waals surface area contributed by atoms with Crippen LogP contribution in [0.2, 0.25) is 0 Å². The molecule has 0 aromatic rings. The summed E-state index contributed by atoms with van der Waals surface area (Å²) in [7, 11) is 0. The summed E-state index contributed by atoms with van der Waals surface area (Å²) in [5.74, 6) is 2.62. The van der Waals surface area contributed by atoms with E-state index in [0.29, 0.717) is 0 Å². The lowest BCUT2D eigenvalue weighted by Gasteiger charge is -2.22. The van der Waals surface area contributed by atoms with Crippen molar-refractivity contribution < 1.29 is 4.79 Å². The minimum absolute atomic E-state index is 0.122. The topological polar surface area (TPSA) is 32.3 Å².